The highest BCUT2D eigenvalue weighted by molar-refractivity contribution is 7.92. The lowest BCUT2D eigenvalue weighted by atomic mass is 10.3. The second-order valence-corrected chi connectivity index (χ2v) is 6.24. The van der Waals surface area contributed by atoms with E-state index in [1.165, 1.54) is 0 Å². The summed E-state index contributed by atoms with van der Waals surface area (Å²) in [5, 5.41) is 2.27. The fourth-order valence-electron chi connectivity index (χ4n) is 1.59. The van der Waals surface area contributed by atoms with Crippen LogP contribution in [-0.4, -0.2) is 20.0 Å². The first-order valence-corrected chi connectivity index (χ1v) is 7.64. The molecule has 0 aliphatic rings. The van der Waals surface area contributed by atoms with Crippen LogP contribution < -0.4 is 10.1 Å². The Morgan fingerprint density at radius 1 is 0.957 bits per heavy atom. The molecule has 1 amide bonds. The number of rotatable bonds is 3. The van der Waals surface area contributed by atoms with Gasteiger partial charge in [0.25, 0.3) is 9.84 Å². The number of anilines is 1. The minimum Gasteiger partial charge on any atom is -0.410 e. The van der Waals surface area contributed by atoms with Gasteiger partial charge in [0, 0.05) is 5.69 Å². The highest BCUT2D eigenvalue weighted by Crippen LogP contribution is 2.30. The number of para-hydroxylation sites is 1. The van der Waals surface area contributed by atoms with Gasteiger partial charge in [-0.15, -0.1) is 0 Å². The standard InChI is InChI=1S/C14H10F3NO4S/c15-14(16,17)23(20,21)12-8-6-10(7-9-12)18-13(19)22-11-4-2-1-3-5-11/h1-9H,(H,18,19). The molecule has 1 N–H and O–H groups in total. The van der Waals surface area contributed by atoms with Gasteiger partial charge in [-0.25, -0.2) is 13.2 Å². The molecule has 0 heterocycles. The Kier molecular flexibility index (Phi) is 4.60. The fraction of sp³-hybridized carbons (Fsp3) is 0.0714. The number of carbonyl (C=O) groups is 1. The molecule has 0 bridgehead atoms. The van der Waals surface area contributed by atoms with Crippen molar-refractivity contribution in [3.63, 3.8) is 0 Å². The number of hydrogen-bond donors (Lipinski definition) is 1. The highest BCUT2D eigenvalue weighted by Gasteiger charge is 2.46. The van der Waals surface area contributed by atoms with Gasteiger partial charge in [-0.3, -0.25) is 5.32 Å². The van der Waals surface area contributed by atoms with Gasteiger partial charge < -0.3 is 4.74 Å². The molecule has 0 unspecified atom stereocenters. The lowest BCUT2D eigenvalue weighted by Gasteiger charge is -2.09. The van der Waals surface area contributed by atoms with Crippen molar-refractivity contribution in [1.82, 2.24) is 0 Å². The summed E-state index contributed by atoms with van der Waals surface area (Å²) in [6.45, 7) is 0. The van der Waals surface area contributed by atoms with E-state index in [-0.39, 0.29) is 11.4 Å². The maximum absolute atomic E-state index is 12.4. The van der Waals surface area contributed by atoms with E-state index in [0.717, 1.165) is 24.3 Å². The molecule has 0 aromatic heterocycles. The molecule has 0 fully saturated rings. The summed E-state index contributed by atoms with van der Waals surface area (Å²) in [5.74, 6) is 0.279. The lowest BCUT2D eigenvalue weighted by Crippen LogP contribution is -2.23. The lowest BCUT2D eigenvalue weighted by molar-refractivity contribution is -0.0436. The van der Waals surface area contributed by atoms with Crippen LogP contribution in [0, 0.1) is 0 Å². The van der Waals surface area contributed by atoms with Crippen molar-refractivity contribution in [2.75, 3.05) is 5.32 Å². The average molecular weight is 345 g/mol. The van der Waals surface area contributed by atoms with E-state index in [1.54, 1.807) is 30.3 Å². The molecular formula is C14H10F3NO4S. The third kappa shape index (κ3) is 4.01. The van der Waals surface area contributed by atoms with Crippen LogP contribution in [0.3, 0.4) is 0 Å². The van der Waals surface area contributed by atoms with E-state index >= 15 is 0 Å². The average Bonchev–Trinajstić information content (AvgIpc) is 2.47. The van der Waals surface area contributed by atoms with Gasteiger partial charge in [0.1, 0.15) is 5.75 Å². The van der Waals surface area contributed by atoms with Crippen molar-refractivity contribution in [2.45, 2.75) is 10.4 Å². The summed E-state index contributed by atoms with van der Waals surface area (Å²) >= 11 is 0. The Bertz CT molecular complexity index is 787. The first-order chi connectivity index (χ1) is 10.7. The largest absolute Gasteiger partial charge is 0.501 e. The Morgan fingerprint density at radius 2 is 1.52 bits per heavy atom. The third-order valence-corrected chi connectivity index (χ3v) is 4.17. The molecule has 5 nitrogen and oxygen atoms in total. The molecule has 2 rings (SSSR count). The Morgan fingerprint density at radius 3 is 2.04 bits per heavy atom. The summed E-state index contributed by atoms with van der Waals surface area (Å²) < 4.78 is 64.5. The number of ether oxygens (including phenoxy) is 1. The van der Waals surface area contributed by atoms with Crippen LogP contribution in [0.5, 0.6) is 5.75 Å². The summed E-state index contributed by atoms with van der Waals surface area (Å²) in [4.78, 5) is 10.7. The number of halogens is 3. The second kappa shape index (κ2) is 6.29. The number of amides is 1. The molecule has 0 aliphatic heterocycles. The molecule has 0 saturated carbocycles. The molecule has 9 heteroatoms. The summed E-state index contributed by atoms with van der Waals surface area (Å²) in [7, 11) is -5.41. The molecule has 2 aromatic carbocycles. The maximum atomic E-state index is 12.4. The van der Waals surface area contributed by atoms with E-state index in [2.05, 4.69) is 5.32 Å². The second-order valence-electron chi connectivity index (χ2n) is 4.30. The zero-order valence-corrected chi connectivity index (χ0v) is 12.2. The van der Waals surface area contributed by atoms with E-state index in [9.17, 15) is 26.4 Å². The molecule has 0 atom stereocenters. The Balaban J connectivity index is 2.07. The van der Waals surface area contributed by atoms with Crippen molar-refractivity contribution in [3.8, 4) is 5.75 Å². The highest BCUT2D eigenvalue weighted by atomic mass is 32.2. The van der Waals surface area contributed by atoms with Gasteiger partial charge in [-0.1, -0.05) is 18.2 Å². The molecule has 0 aliphatic carbocycles. The molecule has 23 heavy (non-hydrogen) atoms. The van der Waals surface area contributed by atoms with Gasteiger partial charge in [-0.05, 0) is 36.4 Å². The topological polar surface area (TPSA) is 72.5 Å². The van der Waals surface area contributed by atoms with Gasteiger partial charge in [0.2, 0.25) is 0 Å². The fourth-order valence-corrected chi connectivity index (χ4v) is 2.35. The van der Waals surface area contributed by atoms with E-state index < -0.39 is 26.3 Å². The molecule has 0 spiro atoms. The first kappa shape index (κ1) is 16.8. The predicted octanol–water partition coefficient (Wildman–Crippen LogP) is 3.59. The number of carbonyl (C=O) groups excluding carboxylic acids is 1. The normalized spacial score (nSPS) is 11.8. The van der Waals surface area contributed by atoms with Crippen molar-refractivity contribution in [2.24, 2.45) is 0 Å². The van der Waals surface area contributed by atoms with Gasteiger partial charge in [-0.2, -0.15) is 13.2 Å². The predicted molar refractivity (Wildman–Crippen MR) is 75.8 cm³/mol. The van der Waals surface area contributed by atoms with Crippen molar-refractivity contribution >= 4 is 21.6 Å². The zero-order chi connectivity index (χ0) is 17.1. The van der Waals surface area contributed by atoms with E-state index in [1.807, 2.05) is 0 Å². The van der Waals surface area contributed by atoms with Gasteiger partial charge in [0.15, 0.2) is 0 Å². The summed E-state index contributed by atoms with van der Waals surface area (Å²) in [6, 6.07) is 11.7. The van der Waals surface area contributed by atoms with Gasteiger partial charge in [0.05, 0.1) is 4.90 Å². The smallest absolute Gasteiger partial charge is 0.410 e. The zero-order valence-electron chi connectivity index (χ0n) is 11.4. The molecule has 0 radical (unpaired) electrons. The van der Waals surface area contributed by atoms with Crippen LogP contribution in [0.15, 0.2) is 59.5 Å². The van der Waals surface area contributed by atoms with Crippen molar-refractivity contribution < 1.29 is 31.1 Å². The third-order valence-electron chi connectivity index (χ3n) is 2.67. The molecular weight excluding hydrogens is 335 g/mol. The molecule has 122 valence electrons. The van der Waals surface area contributed by atoms with Crippen LogP contribution in [0.2, 0.25) is 0 Å². The monoisotopic (exact) mass is 345 g/mol. The minimum atomic E-state index is -5.41. The van der Waals surface area contributed by atoms with Crippen molar-refractivity contribution in [3.05, 3.63) is 54.6 Å². The molecule has 2 aromatic rings. The number of sulfone groups is 1. The van der Waals surface area contributed by atoms with Crippen LogP contribution in [-0.2, 0) is 9.84 Å². The van der Waals surface area contributed by atoms with Crippen LogP contribution in [0.25, 0.3) is 0 Å². The summed E-state index contributed by atoms with van der Waals surface area (Å²) in [6.07, 6.45) is -0.859. The number of alkyl halides is 3. The van der Waals surface area contributed by atoms with Gasteiger partial charge >= 0.3 is 11.6 Å². The van der Waals surface area contributed by atoms with Crippen LogP contribution >= 0.6 is 0 Å². The Labute approximate surface area is 129 Å². The molecule has 0 saturated heterocycles. The summed E-state index contributed by atoms with van der Waals surface area (Å²) in [5.41, 5.74) is -5.29. The number of benzene rings is 2. The van der Waals surface area contributed by atoms with Crippen LogP contribution in [0.4, 0.5) is 23.7 Å². The number of nitrogens with one attached hydrogen (secondary N) is 1. The first-order valence-electron chi connectivity index (χ1n) is 6.15. The SMILES string of the molecule is O=C(Nc1ccc(S(=O)(=O)C(F)(F)F)cc1)Oc1ccccc1. The Hall–Kier alpha value is -2.55. The number of hydrogen-bond acceptors (Lipinski definition) is 4. The van der Waals surface area contributed by atoms with Crippen molar-refractivity contribution in [1.29, 1.82) is 0 Å². The maximum Gasteiger partial charge on any atom is 0.501 e. The quantitative estimate of drug-likeness (QED) is 0.923. The minimum absolute atomic E-state index is 0.0899. The van der Waals surface area contributed by atoms with E-state index in [0.29, 0.717) is 0 Å². The van der Waals surface area contributed by atoms with E-state index in [4.69, 9.17) is 4.74 Å². The van der Waals surface area contributed by atoms with Crippen LogP contribution in [0.1, 0.15) is 0 Å².